The van der Waals surface area contributed by atoms with E-state index >= 15 is 0 Å². The van der Waals surface area contributed by atoms with Crippen LogP contribution in [0.3, 0.4) is 0 Å². The van der Waals surface area contributed by atoms with Crippen molar-refractivity contribution in [3.05, 3.63) is 77.9 Å². The number of nitrogens with zero attached hydrogens (tertiary/aromatic N) is 3. The van der Waals surface area contributed by atoms with Crippen LogP contribution >= 0.6 is 0 Å². The Morgan fingerprint density at radius 3 is 2.96 bits per heavy atom. The second-order valence-electron chi connectivity index (χ2n) is 6.23. The van der Waals surface area contributed by atoms with Crippen LogP contribution < -0.4 is 10.1 Å². The summed E-state index contributed by atoms with van der Waals surface area (Å²) < 4.78 is 11.7. The maximum atomic E-state index is 5.90. The van der Waals surface area contributed by atoms with Crippen molar-refractivity contribution >= 4 is 16.8 Å². The summed E-state index contributed by atoms with van der Waals surface area (Å²) in [7, 11) is 0. The van der Waals surface area contributed by atoms with E-state index in [1.54, 1.807) is 6.20 Å². The smallest absolute Gasteiger partial charge is 0.315 e. The first kappa shape index (κ1) is 14.9. The van der Waals surface area contributed by atoms with Crippen molar-refractivity contribution in [2.24, 2.45) is 0 Å². The Balaban J connectivity index is 1.31. The van der Waals surface area contributed by atoms with E-state index in [0.29, 0.717) is 18.5 Å². The molecule has 1 atom stereocenters. The summed E-state index contributed by atoms with van der Waals surface area (Å²) >= 11 is 0. The van der Waals surface area contributed by atoms with Gasteiger partial charge in [-0.1, -0.05) is 41.5 Å². The topological polar surface area (TPSA) is 73.1 Å². The van der Waals surface area contributed by atoms with Gasteiger partial charge in [-0.05, 0) is 28.6 Å². The van der Waals surface area contributed by atoms with E-state index in [9.17, 15) is 0 Å². The summed E-state index contributed by atoms with van der Waals surface area (Å²) in [6.07, 6.45) is 4.18. The lowest BCUT2D eigenvalue weighted by atomic mass is 10.1. The molecule has 2 aromatic carbocycles. The van der Waals surface area contributed by atoms with Gasteiger partial charge in [0.05, 0.1) is 0 Å². The van der Waals surface area contributed by atoms with Crippen molar-refractivity contribution < 1.29 is 9.15 Å². The van der Waals surface area contributed by atoms with Crippen LogP contribution in [0.25, 0.3) is 10.8 Å². The van der Waals surface area contributed by atoms with E-state index in [2.05, 4.69) is 32.6 Å². The van der Waals surface area contributed by atoms with Gasteiger partial charge in [0.2, 0.25) is 0 Å². The average Bonchev–Trinajstić information content (AvgIpc) is 3.33. The number of fused-ring (bicyclic) bond motifs is 2. The molecule has 0 bridgehead atoms. The molecule has 0 aliphatic carbocycles. The van der Waals surface area contributed by atoms with Crippen LogP contribution in [-0.4, -0.2) is 15.2 Å². The van der Waals surface area contributed by atoms with E-state index in [1.165, 1.54) is 0 Å². The Morgan fingerprint density at radius 2 is 2.00 bits per heavy atom. The first-order valence-electron chi connectivity index (χ1n) is 8.50. The van der Waals surface area contributed by atoms with Crippen molar-refractivity contribution in [3.8, 4) is 5.75 Å². The van der Waals surface area contributed by atoms with E-state index in [1.807, 2.05) is 42.6 Å². The SMILES string of the molecule is c1ccc2c(c1)C[C@H](c1nnc(NCc3cccc4cnccc34)o1)O2. The average molecular weight is 344 g/mol. The van der Waals surface area contributed by atoms with Gasteiger partial charge in [0.15, 0.2) is 6.10 Å². The molecule has 6 heteroatoms. The largest absolute Gasteiger partial charge is 0.480 e. The van der Waals surface area contributed by atoms with Crippen LogP contribution in [-0.2, 0) is 13.0 Å². The molecular weight excluding hydrogens is 328 g/mol. The molecule has 5 rings (SSSR count). The number of nitrogens with one attached hydrogen (secondary N) is 1. The van der Waals surface area contributed by atoms with Gasteiger partial charge in [-0.25, -0.2) is 0 Å². The number of ether oxygens (including phenoxy) is 1. The fraction of sp³-hybridized carbons (Fsp3) is 0.150. The Hall–Kier alpha value is -3.41. The van der Waals surface area contributed by atoms with Gasteiger partial charge in [-0.15, -0.1) is 5.10 Å². The van der Waals surface area contributed by atoms with Crippen LogP contribution in [0.4, 0.5) is 6.01 Å². The summed E-state index contributed by atoms with van der Waals surface area (Å²) in [5.41, 5.74) is 2.31. The standard InChI is InChI=1S/C20H16N4O2/c1-2-7-17-13(4-1)10-18(25-17)19-23-24-20(26-19)22-12-15-6-3-5-14-11-21-9-8-16(14)15/h1-9,11,18H,10,12H2,(H,22,24)/t18-/m1/s1. The van der Waals surface area contributed by atoms with Gasteiger partial charge in [-0.3, -0.25) is 4.98 Å². The van der Waals surface area contributed by atoms with E-state index in [4.69, 9.17) is 9.15 Å². The molecule has 1 aliphatic heterocycles. The quantitative estimate of drug-likeness (QED) is 0.605. The normalized spacial score (nSPS) is 15.6. The third-order valence-corrected chi connectivity index (χ3v) is 4.56. The van der Waals surface area contributed by atoms with Crippen LogP contribution in [0.15, 0.2) is 65.3 Å². The number of hydrogen-bond acceptors (Lipinski definition) is 6. The number of rotatable bonds is 4. The molecule has 2 aromatic heterocycles. The molecule has 3 heterocycles. The van der Waals surface area contributed by atoms with Gasteiger partial charge >= 0.3 is 6.01 Å². The Bertz CT molecular complexity index is 1050. The highest BCUT2D eigenvalue weighted by Gasteiger charge is 2.28. The molecule has 26 heavy (non-hydrogen) atoms. The van der Waals surface area contributed by atoms with Crippen LogP contribution in [0.2, 0.25) is 0 Å². The van der Waals surface area contributed by atoms with Crippen molar-refractivity contribution in [2.45, 2.75) is 19.1 Å². The minimum atomic E-state index is -0.223. The van der Waals surface area contributed by atoms with Crippen molar-refractivity contribution in [3.63, 3.8) is 0 Å². The van der Waals surface area contributed by atoms with Gasteiger partial charge < -0.3 is 14.5 Å². The first-order chi connectivity index (χ1) is 12.9. The molecule has 6 nitrogen and oxygen atoms in total. The Labute approximate surface area is 149 Å². The van der Waals surface area contributed by atoms with Crippen LogP contribution in [0, 0.1) is 0 Å². The molecule has 0 fully saturated rings. The number of para-hydroxylation sites is 1. The Morgan fingerprint density at radius 1 is 1.04 bits per heavy atom. The molecule has 0 saturated heterocycles. The molecule has 0 saturated carbocycles. The van der Waals surface area contributed by atoms with Crippen molar-refractivity contribution in [1.29, 1.82) is 0 Å². The fourth-order valence-corrected chi connectivity index (χ4v) is 3.27. The molecule has 1 aliphatic rings. The highest BCUT2D eigenvalue weighted by atomic mass is 16.5. The predicted molar refractivity (Wildman–Crippen MR) is 96.9 cm³/mol. The van der Waals surface area contributed by atoms with Crippen LogP contribution in [0.1, 0.15) is 23.1 Å². The first-order valence-corrected chi connectivity index (χ1v) is 8.50. The second kappa shape index (κ2) is 6.15. The highest BCUT2D eigenvalue weighted by molar-refractivity contribution is 5.84. The van der Waals surface area contributed by atoms with E-state index in [0.717, 1.165) is 34.1 Å². The Kier molecular flexibility index (Phi) is 3.52. The molecule has 0 radical (unpaired) electrons. The highest BCUT2D eigenvalue weighted by Crippen LogP contribution is 2.36. The number of benzene rings is 2. The molecule has 1 N–H and O–H groups in total. The summed E-state index contributed by atoms with van der Waals surface area (Å²) in [4.78, 5) is 4.16. The molecule has 0 amide bonds. The minimum Gasteiger partial charge on any atom is -0.480 e. The fourth-order valence-electron chi connectivity index (χ4n) is 3.27. The number of anilines is 1. The lowest BCUT2D eigenvalue weighted by Gasteiger charge is -2.07. The van der Waals surface area contributed by atoms with E-state index < -0.39 is 0 Å². The summed E-state index contributed by atoms with van der Waals surface area (Å²) in [5, 5.41) is 13.7. The lowest BCUT2D eigenvalue weighted by Crippen LogP contribution is -2.03. The number of hydrogen-bond donors (Lipinski definition) is 1. The summed E-state index contributed by atoms with van der Waals surface area (Å²) in [6, 6.07) is 16.5. The number of aromatic nitrogens is 3. The maximum Gasteiger partial charge on any atom is 0.315 e. The van der Waals surface area contributed by atoms with Crippen molar-refractivity contribution in [2.75, 3.05) is 5.32 Å². The van der Waals surface area contributed by atoms with Gasteiger partial charge in [-0.2, -0.15) is 0 Å². The third kappa shape index (κ3) is 2.65. The van der Waals surface area contributed by atoms with Gasteiger partial charge in [0, 0.05) is 30.7 Å². The maximum absolute atomic E-state index is 5.90. The molecular formula is C20H16N4O2. The van der Waals surface area contributed by atoms with Crippen molar-refractivity contribution in [1.82, 2.24) is 15.2 Å². The van der Waals surface area contributed by atoms with Crippen LogP contribution in [0.5, 0.6) is 5.75 Å². The number of pyridine rings is 1. The third-order valence-electron chi connectivity index (χ3n) is 4.56. The monoisotopic (exact) mass is 344 g/mol. The van der Waals surface area contributed by atoms with Gasteiger partial charge in [0.25, 0.3) is 5.89 Å². The predicted octanol–water partition coefficient (Wildman–Crippen LogP) is 3.91. The summed E-state index contributed by atoms with van der Waals surface area (Å²) in [5.74, 6) is 1.38. The molecule has 0 spiro atoms. The molecule has 4 aromatic rings. The minimum absolute atomic E-state index is 0.223. The summed E-state index contributed by atoms with van der Waals surface area (Å²) in [6.45, 7) is 0.592. The second-order valence-corrected chi connectivity index (χ2v) is 6.23. The molecule has 0 unspecified atom stereocenters. The van der Waals surface area contributed by atoms with Gasteiger partial charge in [0.1, 0.15) is 5.75 Å². The zero-order valence-corrected chi connectivity index (χ0v) is 13.9. The zero-order chi connectivity index (χ0) is 17.3. The lowest BCUT2D eigenvalue weighted by molar-refractivity contribution is 0.199. The molecule has 128 valence electrons. The van der Waals surface area contributed by atoms with E-state index in [-0.39, 0.29) is 6.10 Å². The zero-order valence-electron chi connectivity index (χ0n) is 13.9.